The summed E-state index contributed by atoms with van der Waals surface area (Å²) in [4.78, 5) is 29.5. The molecule has 1 aliphatic carbocycles. The fraction of sp³-hybridized carbons (Fsp3) is 0.400. The first-order chi connectivity index (χ1) is 12.7. The molecule has 0 radical (unpaired) electrons. The SMILES string of the molecule is O=C(CSc1ccc2c(c1)CCC2)N1CCN(C(=O)c2ccco2)CC1. The maximum atomic E-state index is 12.5. The third-order valence-corrected chi connectivity index (χ3v) is 6.06. The van der Waals surface area contributed by atoms with E-state index in [-0.39, 0.29) is 11.8 Å². The number of thioether (sulfide) groups is 1. The molecular formula is C20H22N2O3S. The van der Waals surface area contributed by atoms with Gasteiger partial charge >= 0.3 is 0 Å². The summed E-state index contributed by atoms with van der Waals surface area (Å²) in [5, 5.41) is 0. The number of piperazine rings is 1. The molecule has 136 valence electrons. The van der Waals surface area contributed by atoms with E-state index in [0.717, 1.165) is 6.42 Å². The molecule has 0 unspecified atom stereocenters. The zero-order chi connectivity index (χ0) is 17.9. The van der Waals surface area contributed by atoms with Crippen LogP contribution in [0, 0.1) is 0 Å². The third kappa shape index (κ3) is 3.65. The van der Waals surface area contributed by atoms with Gasteiger partial charge in [0.1, 0.15) is 0 Å². The van der Waals surface area contributed by atoms with Gasteiger partial charge in [-0.05, 0) is 54.7 Å². The van der Waals surface area contributed by atoms with Crippen molar-refractivity contribution in [3.63, 3.8) is 0 Å². The standard InChI is InChI=1S/C20H22N2O3S/c23-19(14-26-17-7-6-15-3-1-4-16(15)13-17)21-8-10-22(11-9-21)20(24)18-5-2-12-25-18/h2,5-7,12-13H,1,3-4,8-11,14H2. The quantitative estimate of drug-likeness (QED) is 0.777. The summed E-state index contributed by atoms with van der Waals surface area (Å²) in [7, 11) is 0. The van der Waals surface area contributed by atoms with E-state index in [1.54, 1.807) is 28.8 Å². The van der Waals surface area contributed by atoms with Crippen LogP contribution in [0.25, 0.3) is 0 Å². The van der Waals surface area contributed by atoms with Gasteiger partial charge in [0.25, 0.3) is 5.91 Å². The first-order valence-corrected chi connectivity index (χ1v) is 10.0. The zero-order valence-corrected chi connectivity index (χ0v) is 15.5. The highest BCUT2D eigenvalue weighted by atomic mass is 32.2. The van der Waals surface area contributed by atoms with Gasteiger partial charge in [0.05, 0.1) is 12.0 Å². The van der Waals surface area contributed by atoms with Crippen molar-refractivity contribution in [3.05, 3.63) is 53.5 Å². The minimum Gasteiger partial charge on any atom is -0.459 e. The van der Waals surface area contributed by atoms with Gasteiger partial charge in [-0.3, -0.25) is 9.59 Å². The van der Waals surface area contributed by atoms with E-state index in [1.165, 1.54) is 35.1 Å². The van der Waals surface area contributed by atoms with Gasteiger partial charge in [0.2, 0.25) is 5.91 Å². The van der Waals surface area contributed by atoms with Crippen LogP contribution in [0.2, 0.25) is 0 Å². The molecule has 0 spiro atoms. The normalized spacial score (nSPS) is 16.6. The molecule has 6 heteroatoms. The van der Waals surface area contributed by atoms with Crippen LogP contribution in [0.1, 0.15) is 28.1 Å². The third-order valence-electron chi connectivity index (χ3n) is 5.08. The smallest absolute Gasteiger partial charge is 0.289 e. The molecular weight excluding hydrogens is 348 g/mol. The van der Waals surface area contributed by atoms with E-state index in [4.69, 9.17) is 4.42 Å². The molecule has 1 aromatic carbocycles. The Kier molecular flexibility index (Phi) is 5.02. The first-order valence-electron chi connectivity index (χ1n) is 9.06. The maximum Gasteiger partial charge on any atom is 0.289 e. The molecule has 0 N–H and O–H groups in total. The second-order valence-corrected chi connectivity index (χ2v) is 7.77. The van der Waals surface area contributed by atoms with Crippen LogP contribution in [-0.2, 0) is 17.6 Å². The second-order valence-electron chi connectivity index (χ2n) is 6.72. The number of carbonyl (C=O) groups excluding carboxylic acids is 2. The lowest BCUT2D eigenvalue weighted by atomic mass is 10.1. The molecule has 0 saturated carbocycles. The lowest BCUT2D eigenvalue weighted by Gasteiger charge is -2.34. The van der Waals surface area contributed by atoms with E-state index in [1.807, 2.05) is 4.90 Å². The Morgan fingerprint density at radius 2 is 1.77 bits per heavy atom. The highest BCUT2D eigenvalue weighted by Gasteiger charge is 2.26. The number of hydrogen-bond donors (Lipinski definition) is 0. The molecule has 2 aromatic rings. The molecule has 0 atom stereocenters. The number of carbonyl (C=O) groups is 2. The van der Waals surface area contributed by atoms with Crippen molar-refractivity contribution in [2.24, 2.45) is 0 Å². The number of amides is 2. The van der Waals surface area contributed by atoms with Gasteiger partial charge in [-0.15, -0.1) is 11.8 Å². The van der Waals surface area contributed by atoms with Crippen LogP contribution >= 0.6 is 11.8 Å². The predicted octanol–water partition coefficient (Wildman–Crippen LogP) is 2.85. The molecule has 1 aromatic heterocycles. The summed E-state index contributed by atoms with van der Waals surface area (Å²) < 4.78 is 5.17. The summed E-state index contributed by atoms with van der Waals surface area (Å²) >= 11 is 1.61. The largest absolute Gasteiger partial charge is 0.459 e. The zero-order valence-electron chi connectivity index (χ0n) is 14.6. The van der Waals surface area contributed by atoms with E-state index in [9.17, 15) is 9.59 Å². The van der Waals surface area contributed by atoms with E-state index < -0.39 is 0 Å². The lowest BCUT2D eigenvalue weighted by molar-refractivity contribution is -0.129. The van der Waals surface area contributed by atoms with Crippen LogP contribution in [0.5, 0.6) is 0 Å². The van der Waals surface area contributed by atoms with Gasteiger partial charge in [-0.1, -0.05) is 6.07 Å². The predicted molar refractivity (Wildman–Crippen MR) is 100 cm³/mol. The maximum absolute atomic E-state index is 12.5. The Morgan fingerprint density at radius 1 is 1.00 bits per heavy atom. The topological polar surface area (TPSA) is 53.8 Å². The average Bonchev–Trinajstić information content (AvgIpc) is 3.37. The number of rotatable bonds is 4. The van der Waals surface area contributed by atoms with Crippen molar-refractivity contribution in [1.29, 1.82) is 0 Å². The molecule has 1 aliphatic heterocycles. The summed E-state index contributed by atoms with van der Waals surface area (Å²) in [6, 6.07) is 9.95. The molecule has 5 nitrogen and oxygen atoms in total. The van der Waals surface area contributed by atoms with Crippen LogP contribution < -0.4 is 0 Å². The minimum absolute atomic E-state index is 0.102. The molecule has 1 saturated heterocycles. The number of fused-ring (bicyclic) bond motifs is 1. The fourth-order valence-corrected chi connectivity index (χ4v) is 4.45. The van der Waals surface area contributed by atoms with Gasteiger partial charge in [-0.2, -0.15) is 0 Å². The van der Waals surface area contributed by atoms with E-state index in [0.29, 0.717) is 37.7 Å². The molecule has 4 rings (SSSR count). The van der Waals surface area contributed by atoms with Crippen LogP contribution in [0.4, 0.5) is 0 Å². The van der Waals surface area contributed by atoms with Crippen LogP contribution in [0.15, 0.2) is 45.9 Å². The minimum atomic E-state index is -0.102. The van der Waals surface area contributed by atoms with Crippen molar-refractivity contribution in [2.75, 3.05) is 31.9 Å². The lowest BCUT2D eigenvalue weighted by Crippen LogP contribution is -2.51. The molecule has 26 heavy (non-hydrogen) atoms. The Balaban J connectivity index is 1.26. The highest BCUT2D eigenvalue weighted by molar-refractivity contribution is 8.00. The monoisotopic (exact) mass is 370 g/mol. The number of benzene rings is 1. The second kappa shape index (κ2) is 7.58. The number of hydrogen-bond acceptors (Lipinski definition) is 4. The van der Waals surface area contributed by atoms with Crippen molar-refractivity contribution in [1.82, 2.24) is 9.80 Å². The number of nitrogens with zero attached hydrogens (tertiary/aromatic N) is 2. The molecule has 0 bridgehead atoms. The van der Waals surface area contributed by atoms with Gasteiger partial charge in [0, 0.05) is 31.1 Å². The summed E-state index contributed by atoms with van der Waals surface area (Å²) in [5.41, 5.74) is 2.89. The summed E-state index contributed by atoms with van der Waals surface area (Å²) in [6.07, 6.45) is 5.08. The van der Waals surface area contributed by atoms with Crippen molar-refractivity contribution in [2.45, 2.75) is 24.2 Å². The Hall–Kier alpha value is -2.21. The van der Waals surface area contributed by atoms with Gasteiger partial charge in [-0.25, -0.2) is 0 Å². The Labute approximate surface area is 157 Å². The first kappa shape index (κ1) is 17.2. The Bertz CT molecular complexity index is 795. The van der Waals surface area contributed by atoms with Gasteiger partial charge in [0.15, 0.2) is 5.76 Å². The molecule has 1 fully saturated rings. The molecule has 2 aliphatic rings. The highest BCUT2D eigenvalue weighted by Crippen LogP contribution is 2.27. The number of aryl methyl sites for hydroxylation is 2. The Morgan fingerprint density at radius 3 is 2.54 bits per heavy atom. The van der Waals surface area contributed by atoms with Gasteiger partial charge < -0.3 is 14.2 Å². The van der Waals surface area contributed by atoms with Crippen molar-refractivity contribution >= 4 is 23.6 Å². The van der Waals surface area contributed by atoms with Crippen LogP contribution in [-0.4, -0.2) is 53.5 Å². The van der Waals surface area contributed by atoms with E-state index >= 15 is 0 Å². The van der Waals surface area contributed by atoms with E-state index in [2.05, 4.69) is 18.2 Å². The van der Waals surface area contributed by atoms with Crippen molar-refractivity contribution in [3.8, 4) is 0 Å². The summed E-state index contributed by atoms with van der Waals surface area (Å²) in [6.45, 7) is 2.26. The van der Waals surface area contributed by atoms with Crippen LogP contribution in [0.3, 0.4) is 0 Å². The number of furan rings is 1. The fourth-order valence-electron chi connectivity index (χ4n) is 3.59. The average molecular weight is 370 g/mol. The summed E-state index contributed by atoms with van der Waals surface area (Å²) in [5.74, 6) is 0.845. The molecule has 2 amide bonds. The van der Waals surface area contributed by atoms with Crippen molar-refractivity contribution < 1.29 is 14.0 Å². The molecule has 2 heterocycles.